The molecule has 78 valence electrons. The molecule has 1 amide bonds. The van der Waals surface area contributed by atoms with Crippen molar-refractivity contribution in [3.05, 3.63) is 0 Å². The lowest BCUT2D eigenvalue weighted by molar-refractivity contribution is -0.119. The predicted octanol–water partition coefficient (Wildman–Crippen LogP) is 0.487. The molecule has 0 bridgehead atoms. The number of hydrogen-bond donors (Lipinski definition) is 1. The molecule has 1 fully saturated rings. The number of nitrogens with zero attached hydrogens (tertiary/aromatic N) is 2. The fourth-order valence-electron chi connectivity index (χ4n) is 1.71. The molecule has 1 saturated carbocycles. The molecule has 1 aliphatic rings. The van der Waals surface area contributed by atoms with Crippen molar-refractivity contribution >= 4 is 5.91 Å². The highest BCUT2D eigenvalue weighted by Crippen LogP contribution is 2.48. The van der Waals surface area contributed by atoms with Crippen LogP contribution in [0, 0.1) is 16.7 Å². The van der Waals surface area contributed by atoms with Gasteiger partial charge in [0.1, 0.15) is 0 Å². The average molecular weight is 195 g/mol. The van der Waals surface area contributed by atoms with E-state index in [2.05, 4.69) is 6.07 Å². The summed E-state index contributed by atoms with van der Waals surface area (Å²) in [4.78, 5) is 12.8. The molecule has 0 unspecified atom stereocenters. The average Bonchev–Trinajstić information content (AvgIpc) is 2.84. The molecule has 0 atom stereocenters. The Morgan fingerprint density at radius 3 is 2.64 bits per heavy atom. The highest BCUT2D eigenvalue weighted by Gasteiger charge is 2.43. The molecule has 0 aliphatic heterocycles. The summed E-state index contributed by atoms with van der Waals surface area (Å²) in [6.07, 6.45) is 2.81. The third-order valence-corrected chi connectivity index (χ3v) is 2.80. The van der Waals surface area contributed by atoms with E-state index in [1.807, 2.05) is 11.8 Å². The van der Waals surface area contributed by atoms with Gasteiger partial charge in [0.15, 0.2) is 0 Å². The summed E-state index contributed by atoms with van der Waals surface area (Å²) < 4.78 is 0. The first-order valence-electron chi connectivity index (χ1n) is 4.99. The molecule has 0 aromatic rings. The van der Waals surface area contributed by atoms with Crippen molar-refractivity contribution in [2.75, 3.05) is 19.6 Å². The minimum atomic E-state index is -0.292. The highest BCUT2D eigenvalue weighted by molar-refractivity contribution is 5.75. The second-order valence-electron chi connectivity index (χ2n) is 4.10. The normalized spacial score (nSPS) is 17.8. The first-order valence-corrected chi connectivity index (χ1v) is 4.99. The van der Waals surface area contributed by atoms with Crippen LogP contribution in [-0.2, 0) is 4.79 Å². The predicted molar refractivity (Wildman–Crippen MR) is 53.2 cm³/mol. The summed E-state index contributed by atoms with van der Waals surface area (Å²) in [5.74, 6) is -0.292. The lowest BCUT2D eigenvalue weighted by atomic mass is 10.0. The molecule has 0 aromatic carbocycles. The van der Waals surface area contributed by atoms with Gasteiger partial charge in [0, 0.05) is 13.0 Å². The first-order chi connectivity index (χ1) is 6.62. The zero-order valence-corrected chi connectivity index (χ0v) is 8.62. The van der Waals surface area contributed by atoms with E-state index in [0.717, 1.165) is 25.9 Å². The zero-order chi connectivity index (χ0) is 10.6. The lowest BCUT2D eigenvalue weighted by Crippen LogP contribution is -2.37. The molecule has 2 N–H and O–H groups in total. The zero-order valence-electron chi connectivity index (χ0n) is 8.62. The first kappa shape index (κ1) is 11.0. The van der Waals surface area contributed by atoms with E-state index in [0.29, 0.717) is 13.0 Å². The van der Waals surface area contributed by atoms with E-state index in [4.69, 9.17) is 11.0 Å². The van der Waals surface area contributed by atoms with Crippen molar-refractivity contribution in [2.24, 2.45) is 11.1 Å². The standard InChI is InChI=1S/C10H17N3O/c1-2-13(7-9(12)14)8-10(3-4-10)5-6-11/h2-5,7-8H2,1H3,(H2,12,14). The smallest absolute Gasteiger partial charge is 0.231 e. The van der Waals surface area contributed by atoms with Gasteiger partial charge < -0.3 is 5.73 Å². The van der Waals surface area contributed by atoms with Crippen LogP contribution in [-0.4, -0.2) is 30.4 Å². The molecule has 14 heavy (non-hydrogen) atoms. The summed E-state index contributed by atoms with van der Waals surface area (Å²) >= 11 is 0. The number of amides is 1. The molecule has 0 saturated heterocycles. The van der Waals surface area contributed by atoms with Crippen LogP contribution in [0.15, 0.2) is 0 Å². The Hall–Kier alpha value is -1.08. The maximum absolute atomic E-state index is 10.7. The second kappa shape index (κ2) is 4.43. The Bertz CT molecular complexity index is 253. The van der Waals surface area contributed by atoms with Crippen molar-refractivity contribution < 1.29 is 4.79 Å². The van der Waals surface area contributed by atoms with E-state index in [1.165, 1.54) is 0 Å². The second-order valence-corrected chi connectivity index (χ2v) is 4.10. The van der Waals surface area contributed by atoms with Gasteiger partial charge in [-0.05, 0) is 24.8 Å². The minimum Gasteiger partial charge on any atom is -0.369 e. The minimum absolute atomic E-state index is 0.167. The van der Waals surface area contributed by atoms with E-state index in [1.54, 1.807) is 0 Å². The number of hydrogen-bond acceptors (Lipinski definition) is 3. The van der Waals surface area contributed by atoms with Crippen molar-refractivity contribution in [1.82, 2.24) is 4.90 Å². The SMILES string of the molecule is CCN(CC(N)=O)CC1(CC#N)CC1. The summed E-state index contributed by atoms with van der Waals surface area (Å²) in [5, 5.41) is 8.65. The number of primary amides is 1. The Morgan fingerprint density at radius 1 is 1.64 bits per heavy atom. The van der Waals surface area contributed by atoms with Crippen LogP contribution < -0.4 is 5.73 Å². The Morgan fingerprint density at radius 2 is 2.29 bits per heavy atom. The number of carbonyl (C=O) groups excluding carboxylic acids is 1. The topological polar surface area (TPSA) is 70.1 Å². The number of nitriles is 1. The van der Waals surface area contributed by atoms with Gasteiger partial charge in [-0.2, -0.15) is 5.26 Å². The number of nitrogens with two attached hydrogens (primary N) is 1. The van der Waals surface area contributed by atoms with Gasteiger partial charge in [0.05, 0.1) is 12.6 Å². The quantitative estimate of drug-likeness (QED) is 0.670. The van der Waals surface area contributed by atoms with Crippen LogP contribution in [0.3, 0.4) is 0 Å². The molecule has 0 radical (unpaired) electrons. The van der Waals surface area contributed by atoms with Crippen molar-refractivity contribution in [3.63, 3.8) is 0 Å². The van der Waals surface area contributed by atoms with Gasteiger partial charge in [-0.3, -0.25) is 9.69 Å². The van der Waals surface area contributed by atoms with E-state index < -0.39 is 0 Å². The van der Waals surface area contributed by atoms with Crippen molar-refractivity contribution in [3.8, 4) is 6.07 Å². The molecular weight excluding hydrogens is 178 g/mol. The molecule has 0 aromatic heterocycles. The van der Waals surface area contributed by atoms with Crippen LogP contribution in [0.2, 0.25) is 0 Å². The maximum Gasteiger partial charge on any atom is 0.231 e. The van der Waals surface area contributed by atoms with Gasteiger partial charge in [0.2, 0.25) is 5.91 Å². The van der Waals surface area contributed by atoms with E-state index >= 15 is 0 Å². The van der Waals surface area contributed by atoms with Crippen LogP contribution >= 0.6 is 0 Å². The molecule has 4 heteroatoms. The van der Waals surface area contributed by atoms with Gasteiger partial charge in [-0.25, -0.2) is 0 Å². The highest BCUT2D eigenvalue weighted by atomic mass is 16.1. The summed E-state index contributed by atoms with van der Waals surface area (Å²) in [6, 6.07) is 2.21. The molecule has 4 nitrogen and oxygen atoms in total. The van der Waals surface area contributed by atoms with Crippen molar-refractivity contribution in [1.29, 1.82) is 5.26 Å². The summed E-state index contributed by atoms with van der Waals surface area (Å²) in [5.41, 5.74) is 5.30. The van der Waals surface area contributed by atoms with Gasteiger partial charge in [-0.15, -0.1) is 0 Å². The number of carbonyl (C=O) groups is 1. The molecular formula is C10H17N3O. The molecule has 0 spiro atoms. The number of rotatable bonds is 6. The Labute approximate surface area is 84.7 Å². The fourth-order valence-corrected chi connectivity index (χ4v) is 1.71. The van der Waals surface area contributed by atoms with Crippen LogP contribution in [0.4, 0.5) is 0 Å². The van der Waals surface area contributed by atoms with Crippen molar-refractivity contribution in [2.45, 2.75) is 26.2 Å². The molecule has 1 rings (SSSR count). The Kier molecular flexibility index (Phi) is 3.48. The number of likely N-dealkylation sites (N-methyl/N-ethyl adjacent to an activating group) is 1. The molecule has 1 aliphatic carbocycles. The third kappa shape index (κ3) is 3.00. The monoisotopic (exact) mass is 195 g/mol. The van der Waals surface area contributed by atoms with Gasteiger partial charge in [-0.1, -0.05) is 6.92 Å². The maximum atomic E-state index is 10.7. The fraction of sp³-hybridized carbons (Fsp3) is 0.800. The summed E-state index contributed by atoms with van der Waals surface area (Å²) in [6.45, 7) is 3.96. The van der Waals surface area contributed by atoms with Gasteiger partial charge in [0.25, 0.3) is 0 Å². The molecule has 0 heterocycles. The third-order valence-electron chi connectivity index (χ3n) is 2.80. The van der Waals surface area contributed by atoms with Crippen LogP contribution in [0.1, 0.15) is 26.2 Å². The summed E-state index contributed by atoms with van der Waals surface area (Å²) in [7, 11) is 0. The van der Waals surface area contributed by atoms with Crippen LogP contribution in [0.5, 0.6) is 0 Å². The van der Waals surface area contributed by atoms with E-state index in [-0.39, 0.29) is 11.3 Å². The van der Waals surface area contributed by atoms with Gasteiger partial charge >= 0.3 is 0 Å². The lowest BCUT2D eigenvalue weighted by Gasteiger charge is -2.23. The largest absolute Gasteiger partial charge is 0.369 e. The van der Waals surface area contributed by atoms with E-state index in [9.17, 15) is 4.79 Å². The van der Waals surface area contributed by atoms with Crippen LogP contribution in [0.25, 0.3) is 0 Å². The Balaban J connectivity index is 2.40.